The minimum Gasteiger partial charge on any atom is -0.489 e. The summed E-state index contributed by atoms with van der Waals surface area (Å²) < 4.78 is 12.0. The topological polar surface area (TPSA) is 54.9 Å². The summed E-state index contributed by atoms with van der Waals surface area (Å²) in [6, 6.07) is 19.3. The molecular weight excluding hydrogens is 426 g/mol. The summed E-state index contributed by atoms with van der Waals surface area (Å²) >= 11 is 6.11. The average Bonchev–Trinajstić information content (AvgIpc) is 3.35. The van der Waals surface area contributed by atoms with Crippen LogP contribution in [-0.2, 0) is 17.9 Å². The number of ether oxygens (including phenoxy) is 2. The van der Waals surface area contributed by atoms with Gasteiger partial charge in [-0.05, 0) is 30.3 Å². The van der Waals surface area contributed by atoms with Gasteiger partial charge in [0.1, 0.15) is 18.0 Å². The van der Waals surface area contributed by atoms with E-state index < -0.39 is 5.60 Å². The molecule has 0 radical (unpaired) electrons. The molecule has 0 saturated carbocycles. The minimum atomic E-state index is -0.495. The third-order valence-electron chi connectivity index (χ3n) is 5.97. The van der Waals surface area contributed by atoms with E-state index in [0.717, 1.165) is 42.1 Å². The van der Waals surface area contributed by atoms with E-state index in [-0.39, 0.29) is 6.09 Å². The smallest absolute Gasteiger partial charge is 0.415 e. The number of halogens is 1. The van der Waals surface area contributed by atoms with E-state index in [1.54, 1.807) is 23.2 Å². The van der Waals surface area contributed by atoms with Gasteiger partial charge in [0.05, 0.1) is 6.54 Å². The van der Waals surface area contributed by atoms with E-state index in [2.05, 4.69) is 16.0 Å². The van der Waals surface area contributed by atoms with Crippen LogP contribution in [0.25, 0.3) is 0 Å². The summed E-state index contributed by atoms with van der Waals surface area (Å²) in [5.74, 6) is 0.862. The molecule has 2 fully saturated rings. The van der Waals surface area contributed by atoms with Gasteiger partial charge in [-0.25, -0.2) is 4.79 Å². The second-order valence-electron chi connectivity index (χ2n) is 8.34. The summed E-state index contributed by atoms with van der Waals surface area (Å²) in [4.78, 5) is 20.7. The van der Waals surface area contributed by atoms with Gasteiger partial charge < -0.3 is 9.47 Å². The predicted molar refractivity (Wildman–Crippen MR) is 123 cm³/mol. The lowest BCUT2D eigenvalue weighted by atomic mass is 10.0. The van der Waals surface area contributed by atoms with Crippen LogP contribution in [-0.4, -0.2) is 41.2 Å². The molecule has 1 atom stereocenters. The van der Waals surface area contributed by atoms with Crippen molar-refractivity contribution < 1.29 is 14.3 Å². The van der Waals surface area contributed by atoms with Crippen molar-refractivity contribution in [2.75, 3.05) is 24.5 Å². The molecule has 2 aromatic carbocycles. The van der Waals surface area contributed by atoms with Gasteiger partial charge in [-0.3, -0.25) is 14.8 Å². The first-order valence-corrected chi connectivity index (χ1v) is 11.1. The van der Waals surface area contributed by atoms with Crippen LogP contribution in [0.15, 0.2) is 73.1 Å². The molecule has 0 N–H and O–H groups in total. The Bertz CT molecular complexity index is 1110. The van der Waals surface area contributed by atoms with Crippen LogP contribution >= 0.6 is 11.6 Å². The zero-order chi connectivity index (χ0) is 22.0. The SMILES string of the molecule is O=C1O[C@@]2(CCN(Cc3ccccc3OCc3cccnc3)C2)CN1c1cccc(Cl)c1. The number of likely N-dealkylation sites (tertiary alicyclic amines) is 1. The zero-order valence-electron chi connectivity index (χ0n) is 17.6. The minimum absolute atomic E-state index is 0.311. The lowest BCUT2D eigenvalue weighted by Crippen LogP contribution is -2.37. The van der Waals surface area contributed by atoms with Crippen LogP contribution in [0.5, 0.6) is 5.75 Å². The normalized spacial score (nSPS) is 20.7. The molecule has 5 rings (SSSR count). The first kappa shape index (κ1) is 20.8. The highest BCUT2D eigenvalue weighted by Gasteiger charge is 2.50. The second-order valence-corrected chi connectivity index (χ2v) is 8.77. The molecule has 1 spiro atoms. The van der Waals surface area contributed by atoms with Gasteiger partial charge in [0.25, 0.3) is 0 Å². The molecule has 7 heteroatoms. The van der Waals surface area contributed by atoms with Gasteiger partial charge in [-0.1, -0.05) is 41.9 Å². The Morgan fingerprint density at radius 1 is 1.09 bits per heavy atom. The van der Waals surface area contributed by atoms with E-state index in [4.69, 9.17) is 21.1 Å². The number of benzene rings is 2. The Hall–Kier alpha value is -3.09. The van der Waals surface area contributed by atoms with Gasteiger partial charge in [-0.2, -0.15) is 0 Å². The third-order valence-corrected chi connectivity index (χ3v) is 6.20. The fourth-order valence-corrected chi connectivity index (χ4v) is 4.59. The number of rotatable bonds is 6. The number of nitrogens with zero attached hydrogens (tertiary/aromatic N) is 3. The van der Waals surface area contributed by atoms with Crippen molar-refractivity contribution in [2.45, 2.75) is 25.2 Å². The van der Waals surface area contributed by atoms with Gasteiger partial charge in [-0.15, -0.1) is 0 Å². The Labute approximate surface area is 192 Å². The standard InChI is InChI=1S/C25H24ClN3O3/c26-21-7-3-8-22(13-21)29-18-25(32-24(29)30)10-12-28(17-25)15-20-6-1-2-9-23(20)31-16-19-5-4-11-27-14-19/h1-9,11,13-14H,10,12,15-18H2/t25-/m1/s1. The summed E-state index contributed by atoms with van der Waals surface area (Å²) in [7, 11) is 0. The van der Waals surface area contributed by atoms with Crippen molar-refractivity contribution in [1.29, 1.82) is 0 Å². The van der Waals surface area contributed by atoms with Crippen LogP contribution < -0.4 is 9.64 Å². The Kier molecular flexibility index (Phi) is 5.72. The summed E-state index contributed by atoms with van der Waals surface area (Å²) in [5, 5.41) is 0.604. The highest BCUT2D eigenvalue weighted by Crippen LogP contribution is 2.36. The monoisotopic (exact) mass is 449 g/mol. The molecule has 1 amide bonds. The third kappa shape index (κ3) is 4.42. The molecule has 6 nitrogen and oxygen atoms in total. The quantitative estimate of drug-likeness (QED) is 0.535. The molecule has 3 heterocycles. The van der Waals surface area contributed by atoms with Crippen LogP contribution in [0.3, 0.4) is 0 Å². The summed E-state index contributed by atoms with van der Waals surface area (Å²) in [5.41, 5.74) is 2.42. The largest absolute Gasteiger partial charge is 0.489 e. The Balaban J connectivity index is 1.24. The van der Waals surface area contributed by atoms with Crippen molar-refractivity contribution >= 4 is 23.4 Å². The predicted octanol–water partition coefficient (Wildman–Crippen LogP) is 4.92. The fourth-order valence-electron chi connectivity index (χ4n) is 4.40. The molecule has 32 heavy (non-hydrogen) atoms. The van der Waals surface area contributed by atoms with E-state index in [1.807, 2.05) is 48.7 Å². The number of amides is 1. The van der Waals surface area contributed by atoms with Crippen LogP contribution in [0.2, 0.25) is 5.02 Å². The molecule has 0 aliphatic carbocycles. The van der Waals surface area contributed by atoms with E-state index in [9.17, 15) is 4.79 Å². The molecular formula is C25H24ClN3O3. The number of hydrogen-bond donors (Lipinski definition) is 0. The van der Waals surface area contributed by atoms with E-state index >= 15 is 0 Å². The van der Waals surface area contributed by atoms with Crippen LogP contribution in [0.4, 0.5) is 10.5 Å². The molecule has 2 saturated heterocycles. The molecule has 164 valence electrons. The maximum Gasteiger partial charge on any atom is 0.415 e. The Morgan fingerprint density at radius 2 is 2.00 bits per heavy atom. The number of para-hydroxylation sites is 1. The van der Waals surface area contributed by atoms with Crippen molar-refractivity contribution in [3.05, 3.63) is 89.2 Å². The lowest BCUT2D eigenvalue weighted by Gasteiger charge is -2.23. The van der Waals surface area contributed by atoms with Crippen molar-refractivity contribution in [1.82, 2.24) is 9.88 Å². The van der Waals surface area contributed by atoms with Gasteiger partial charge >= 0.3 is 6.09 Å². The average molecular weight is 450 g/mol. The van der Waals surface area contributed by atoms with E-state index in [0.29, 0.717) is 24.7 Å². The highest BCUT2D eigenvalue weighted by molar-refractivity contribution is 6.30. The summed E-state index contributed by atoms with van der Waals surface area (Å²) in [6.07, 6.45) is 4.06. The fraction of sp³-hybridized carbons (Fsp3) is 0.280. The van der Waals surface area contributed by atoms with E-state index in [1.165, 1.54) is 0 Å². The molecule has 0 unspecified atom stereocenters. The van der Waals surface area contributed by atoms with Crippen molar-refractivity contribution in [3.63, 3.8) is 0 Å². The molecule has 3 aromatic rings. The number of pyridine rings is 1. The van der Waals surface area contributed by atoms with Gasteiger partial charge in [0.2, 0.25) is 0 Å². The zero-order valence-corrected chi connectivity index (χ0v) is 18.4. The number of carbonyl (C=O) groups is 1. The van der Waals surface area contributed by atoms with Crippen molar-refractivity contribution in [2.24, 2.45) is 0 Å². The number of aromatic nitrogens is 1. The molecule has 2 aliphatic rings. The van der Waals surface area contributed by atoms with Crippen molar-refractivity contribution in [3.8, 4) is 5.75 Å². The molecule has 0 bridgehead atoms. The highest BCUT2D eigenvalue weighted by atomic mass is 35.5. The molecule has 1 aromatic heterocycles. The summed E-state index contributed by atoms with van der Waals surface area (Å²) in [6.45, 7) is 3.28. The number of anilines is 1. The Morgan fingerprint density at radius 3 is 2.84 bits per heavy atom. The first-order chi connectivity index (χ1) is 15.6. The second kappa shape index (κ2) is 8.81. The first-order valence-electron chi connectivity index (χ1n) is 10.7. The number of carbonyl (C=O) groups excluding carboxylic acids is 1. The molecule has 2 aliphatic heterocycles. The van der Waals surface area contributed by atoms with Crippen LogP contribution in [0, 0.1) is 0 Å². The maximum atomic E-state index is 12.6. The number of hydrogen-bond acceptors (Lipinski definition) is 5. The lowest BCUT2D eigenvalue weighted by molar-refractivity contribution is 0.0628. The van der Waals surface area contributed by atoms with Gasteiger partial charge in [0, 0.05) is 60.3 Å². The van der Waals surface area contributed by atoms with Crippen LogP contribution in [0.1, 0.15) is 17.5 Å². The van der Waals surface area contributed by atoms with Gasteiger partial charge in [0.15, 0.2) is 0 Å². The maximum absolute atomic E-state index is 12.6.